The maximum absolute atomic E-state index is 12.8. The highest BCUT2D eigenvalue weighted by Crippen LogP contribution is 2.13. The molecule has 1 atom stereocenters. The van der Waals surface area contributed by atoms with E-state index in [1.807, 2.05) is 60.8 Å². The van der Waals surface area contributed by atoms with Gasteiger partial charge in [0.25, 0.3) is 0 Å². The van der Waals surface area contributed by atoms with Gasteiger partial charge in [-0.05, 0) is 103 Å². The highest BCUT2D eigenvalue weighted by molar-refractivity contribution is 5.71. The number of rotatable bonds is 46. The Balaban J connectivity index is 4.54. The molecule has 68 heavy (non-hydrogen) atoms. The topological polar surface area (TPSA) is 78.9 Å². The number of ether oxygens (including phenoxy) is 3. The predicted octanol–water partition coefficient (Wildman–Crippen LogP) is 18.0. The molecule has 0 saturated heterocycles. The van der Waals surface area contributed by atoms with E-state index in [1.54, 1.807) is 0 Å². The standard InChI is InChI=1S/C62H96O6/c1-4-7-10-13-16-19-22-25-28-30-31-33-34-37-40-43-46-49-52-55-61(64)67-58-59(57-66-60(63)54-51-48-45-42-39-36-27-24-21-18-15-12-9-6-3)68-62(65)56-53-50-47-44-41-38-35-32-29-26-23-20-17-14-11-8-5-2/h7-12,14,16-21,23,25-26,28-29,31-33,35,38,41,59H,4-6,13,15,22,24,27,30,34,36-37,39-40,42-58H2,1-3H3/b10-7-,11-8-,12-9-,17-14-,19-16-,21-18-,23-20-,28-25-,29-26-,33-31-,35-32+,41-38-. The highest BCUT2D eigenvalue weighted by atomic mass is 16.6. The van der Waals surface area contributed by atoms with Crippen LogP contribution in [0.1, 0.15) is 207 Å². The maximum atomic E-state index is 12.8. The number of hydrogen-bond donors (Lipinski definition) is 0. The van der Waals surface area contributed by atoms with E-state index in [1.165, 1.54) is 38.5 Å². The summed E-state index contributed by atoms with van der Waals surface area (Å²) in [6, 6.07) is 0. The minimum atomic E-state index is -0.818. The third kappa shape index (κ3) is 52.3. The quantitative estimate of drug-likeness (QED) is 0.0199. The first-order valence-electron chi connectivity index (χ1n) is 26.9. The first-order valence-corrected chi connectivity index (χ1v) is 26.9. The Hall–Kier alpha value is -4.71. The van der Waals surface area contributed by atoms with Crippen molar-refractivity contribution in [3.63, 3.8) is 0 Å². The molecule has 0 aliphatic heterocycles. The van der Waals surface area contributed by atoms with Crippen LogP contribution in [0.2, 0.25) is 0 Å². The average Bonchev–Trinajstić information content (AvgIpc) is 3.34. The third-order valence-electron chi connectivity index (χ3n) is 10.7. The zero-order chi connectivity index (χ0) is 49.3. The first-order chi connectivity index (χ1) is 33.5. The smallest absolute Gasteiger partial charge is 0.306 e. The Morgan fingerprint density at radius 1 is 0.309 bits per heavy atom. The highest BCUT2D eigenvalue weighted by Gasteiger charge is 2.19. The summed E-state index contributed by atoms with van der Waals surface area (Å²) in [6.45, 7) is 6.20. The number of carbonyl (C=O) groups excluding carboxylic acids is 3. The zero-order valence-electron chi connectivity index (χ0n) is 43.3. The second kappa shape index (κ2) is 54.9. The number of carbonyl (C=O) groups is 3. The van der Waals surface area contributed by atoms with E-state index in [2.05, 4.69) is 106 Å². The predicted molar refractivity (Wildman–Crippen MR) is 292 cm³/mol. The molecule has 0 bridgehead atoms. The molecule has 0 fully saturated rings. The van der Waals surface area contributed by atoms with Crippen LogP contribution in [0.25, 0.3) is 0 Å². The minimum Gasteiger partial charge on any atom is -0.462 e. The molecule has 0 radical (unpaired) electrons. The number of unbranched alkanes of at least 4 members (excludes halogenated alkanes) is 16. The van der Waals surface area contributed by atoms with Gasteiger partial charge in [0.1, 0.15) is 13.2 Å². The van der Waals surface area contributed by atoms with Crippen LogP contribution in [0.15, 0.2) is 146 Å². The van der Waals surface area contributed by atoms with Crippen molar-refractivity contribution in [3.05, 3.63) is 146 Å². The van der Waals surface area contributed by atoms with Crippen LogP contribution < -0.4 is 0 Å². The molecule has 0 amide bonds. The van der Waals surface area contributed by atoms with Gasteiger partial charge in [0.15, 0.2) is 6.10 Å². The van der Waals surface area contributed by atoms with Gasteiger partial charge in [-0.15, -0.1) is 0 Å². The van der Waals surface area contributed by atoms with Crippen molar-refractivity contribution < 1.29 is 28.6 Å². The van der Waals surface area contributed by atoms with Crippen molar-refractivity contribution in [1.82, 2.24) is 0 Å². The summed E-state index contributed by atoms with van der Waals surface area (Å²) in [5.41, 5.74) is 0. The van der Waals surface area contributed by atoms with Gasteiger partial charge >= 0.3 is 17.9 Å². The summed E-state index contributed by atoms with van der Waals surface area (Å²) in [4.78, 5) is 38.1. The van der Waals surface area contributed by atoms with Crippen molar-refractivity contribution in [2.24, 2.45) is 0 Å². The van der Waals surface area contributed by atoms with Crippen LogP contribution >= 0.6 is 0 Å². The molecule has 1 unspecified atom stereocenters. The molecule has 0 saturated carbocycles. The van der Waals surface area contributed by atoms with Crippen LogP contribution in [0.4, 0.5) is 0 Å². The maximum Gasteiger partial charge on any atom is 0.306 e. The Morgan fingerprint density at radius 2 is 0.603 bits per heavy atom. The van der Waals surface area contributed by atoms with Crippen LogP contribution in [0.5, 0.6) is 0 Å². The van der Waals surface area contributed by atoms with Gasteiger partial charge in [0.05, 0.1) is 0 Å². The fourth-order valence-electron chi connectivity index (χ4n) is 6.80. The lowest BCUT2D eigenvalue weighted by atomic mass is 10.1. The summed E-state index contributed by atoms with van der Waals surface area (Å²) in [7, 11) is 0. The second-order valence-electron chi connectivity index (χ2n) is 17.1. The zero-order valence-corrected chi connectivity index (χ0v) is 43.3. The van der Waals surface area contributed by atoms with Gasteiger partial charge in [-0.1, -0.05) is 231 Å². The lowest BCUT2D eigenvalue weighted by molar-refractivity contribution is -0.167. The van der Waals surface area contributed by atoms with Gasteiger partial charge in [-0.3, -0.25) is 14.4 Å². The Kier molecular flexibility index (Phi) is 51.1. The van der Waals surface area contributed by atoms with Crippen molar-refractivity contribution in [2.45, 2.75) is 213 Å². The molecule has 380 valence electrons. The molecule has 0 aliphatic carbocycles. The molecule has 0 aromatic rings. The third-order valence-corrected chi connectivity index (χ3v) is 10.7. The van der Waals surface area contributed by atoms with Crippen molar-refractivity contribution >= 4 is 17.9 Å². The summed E-state index contributed by atoms with van der Waals surface area (Å²) in [5.74, 6) is -0.987. The Morgan fingerprint density at radius 3 is 1.01 bits per heavy atom. The van der Waals surface area contributed by atoms with E-state index in [4.69, 9.17) is 14.2 Å². The summed E-state index contributed by atoms with van der Waals surface area (Å²) >= 11 is 0. The molecule has 0 heterocycles. The average molecular weight is 937 g/mol. The molecule has 6 heteroatoms. The van der Waals surface area contributed by atoms with Crippen molar-refractivity contribution in [1.29, 1.82) is 0 Å². The second-order valence-corrected chi connectivity index (χ2v) is 17.1. The fourth-order valence-corrected chi connectivity index (χ4v) is 6.80. The van der Waals surface area contributed by atoms with E-state index < -0.39 is 6.10 Å². The van der Waals surface area contributed by atoms with Gasteiger partial charge in [0, 0.05) is 19.3 Å². The van der Waals surface area contributed by atoms with Crippen LogP contribution in [-0.2, 0) is 28.6 Å². The van der Waals surface area contributed by atoms with Crippen LogP contribution in [0.3, 0.4) is 0 Å². The Labute approximate surface area is 417 Å². The summed E-state index contributed by atoms with van der Waals surface area (Å²) in [6.07, 6.45) is 78.2. The van der Waals surface area contributed by atoms with Crippen molar-refractivity contribution in [3.8, 4) is 0 Å². The summed E-state index contributed by atoms with van der Waals surface area (Å²) in [5, 5.41) is 0. The van der Waals surface area contributed by atoms with E-state index in [0.717, 1.165) is 122 Å². The molecule has 0 aromatic heterocycles. The van der Waals surface area contributed by atoms with Gasteiger partial charge in [-0.2, -0.15) is 0 Å². The molecular weight excluding hydrogens is 841 g/mol. The number of allylic oxidation sites excluding steroid dienone is 24. The Bertz CT molecular complexity index is 1540. The largest absolute Gasteiger partial charge is 0.462 e. The molecule has 0 N–H and O–H groups in total. The monoisotopic (exact) mass is 937 g/mol. The van der Waals surface area contributed by atoms with Gasteiger partial charge in [0.2, 0.25) is 0 Å². The number of esters is 3. The van der Waals surface area contributed by atoms with E-state index in [0.29, 0.717) is 19.3 Å². The molecule has 0 rings (SSSR count). The van der Waals surface area contributed by atoms with E-state index in [9.17, 15) is 14.4 Å². The van der Waals surface area contributed by atoms with Gasteiger partial charge in [-0.25, -0.2) is 0 Å². The van der Waals surface area contributed by atoms with Gasteiger partial charge < -0.3 is 14.2 Å². The lowest BCUT2D eigenvalue weighted by Crippen LogP contribution is -2.30. The fraction of sp³-hybridized carbons (Fsp3) is 0.565. The van der Waals surface area contributed by atoms with E-state index >= 15 is 0 Å². The van der Waals surface area contributed by atoms with Crippen LogP contribution in [-0.4, -0.2) is 37.2 Å². The number of hydrogen-bond acceptors (Lipinski definition) is 6. The molecule has 6 nitrogen and oxygen atoms in total. The summed E-state index contributed by atoms with van der Waals surface area (Å²) < 4.78 is 16.8. The van der Waals surface area contributed by atoms with E-state index in [-0.39, 0.29) is 37.5 Å². The SMILES string of the molecule is CC\C=C/C=C\C=C/C=C\C=C\C=C/CCCCCC(=O)OC(COC(=O)CCCCCCCC/C=C\C/C=C\C/C=C\C/C=C\CC)COC(=O)CCCCCCCCC/C=C\C/C=C\CC. The van der Waals surface area contributed by atoms with Crippen molar-refractivity contribution in [2.75, 3.05) is 13.2 Å². The first kappa shape index (κ1) is 63.3. The molecule has 0 spiro atoms. The lowest BCUT2D eigenvalue weighted by Gasteiger charge is -2.18. The van der Waals surface area contributed by atoms with Crippen LogP contribution in [0, 0.1) is 0 Å². The molecule has 0 aromatic carbocycles. The molecule has 0 aliphatic rings. The molecular formula is C62H96O6. The normalized spacial score (nSPS) is 13.3. The minimum absolute atomic E-state index is 0.112.